The number of nitrogens with zero attached hydrogens (tertiary/aromatic N) is 2. The number of oxazole rings is 1. The van der Waals surface area contributed by atoms with Crippen LogP contribution in [0.5, 0.6) is 0 Å². The molecule has 0 radical (unpaired) electrons. The van der Waals surface area contributed by atoms with Crippen molar-refractivity contribution >= 4 is 17.3 Å². The number of aromatic nitrogens is 1. The average Bonchev–Trinajstić information content (AvgIpc) is 2.78. The number of rotatable bonds is 3. The van der Waals surface area contributed by atoms with Crippen LogP contribution in [0.25, 0.3) is 0 Å². The van der Waals surface area contributed by atoms with Gasteiger partial charge in [0.05, 0.1) is 11.4 Å². The van der Waals surface area contributed by atoms with Crippen LogP contribution in [0, 0.1) is 13.8 Å². The topological polar surface area (TPSA) is 87.7 Å². The lowest BCUT2D eigenvalue weighted by Crippen LogP contribution is -2.12. The molecule has 1 aromatic carbocycles. The van der Waals surface area contributed by atoms with E-state index in [1.807, 2.05) is 0 Å². The van der Waals surface area contributed by atoms with E-state index >= 15 is 0 Å². The molecule has 0 aliphatic carbocycles. The summed E-state index contributed by atoms with van der Waals surface area (Å²) in [6.45, 7) is 5.10. The highest BCUT2D eigenvalue weighted by Crippen LogP contribution is 2.14. The lowest BCUT2D eigenvalue weighted by molar-refractivity contribution is 0.0994. The van der Waals surface area contributed by atoms with Crippen molar-refractivity contribution in [2.24, 2.45) is 5.16 Å². The Bertz CT molecular complexity index is 657. The first kappa shape index (κ1) is 13.8. The number of hydrogen-bond acceptors (Lipinski definition) is 5. The summed E-state index contributed by atoms with van der Waals surface area (Å²) in [5, 5.41) is 14.5. The third-order valence-electron chi connectivity index (χ3n) is 2.82. The van der Waals surface area contributed by atoms with Crippen molar-refractivity contribution in [3.63, 3.8) is 0 Å². The van der Waals surface area contributed by atoms with Gasteiger partial charge in [0.15, 0.2) is 5.89 Å². The minimum Gasteiger partial charge on any atom is -0.436 e. The van der Waals surface area contributed by atoms with Crippen molar-refractivity contribution in [3.05, 3.63) is 47.2 Å². The van der Waals surface area contributed by atoms with Crippen LogP contribution in [0.1, 0.15) is 34.6 Å². The van der Waals surface area contributed by atoms with Gasteiger partial charge in [-0.1, -0.05) is 17.3 Å². The predicted molar refractivity (Wildman–Crippen MR) is 74.4 cm³/mol. The zero-order valence-electron chi connectivity index (χ0n) is 11.5. The lowest BCUT2D eigenvalue weighted by Gasteiger charge is -2.04. The summed E-state index contributed by atoms with van der Waals surface area (Å²) in [5.41, 5.74) is 2.46. The fourth-order valence-electron chi connectivity index (χ4n) is 1.78. The van der Waals surface area contributed by atoms with Crippen LogP contribution in [0.2, 0.25) is 0 Å². The maximum atomic E-state index is 12.0. The van der Waals surface area contributed by atoms with E-state index in [-0.39, 0.29) is 11.7 Å². The Morgan fingerprint density at radius 1 is 1.30 bits per heavy atom. The molecule has 6 heteroatoms. The van der Waals surface area contributed by atoms with Crippen molar-refractivity contribution in [2.45, 2.75) is 20.8 Å². The molecular formula is C14H15N3O3. The van der Waals surface area contributed by atoms with Crippen molar-refractivity contribution in [2.75, 3.05) is 5.32 Å². The number of oxime groups is 1. The fraction of sp³-hybridized carbons (Fsp3) is 0.214. The largest absolute Gasteiger partial charge is 0.436 e. The summed E-state index contributed by atoms with van der Waals surface area (Å²) in [4.78, 5) is 16.1. The van der Waals surface area contributed by atoms with Gasteiger partial charge in [0, 0.05) is 12.6 Å². The summed E-state index contributed by atoms with van der Waals surface area (Å²) >= 11 is 0. The molecule has 2 N–H and O–H groups in total. The average molecular weight is 273 g/mol. The molecule has 2 aromatic rings. The van der Waals surface area contributed by atoms with Gasteiger partial charge in [-0.15, -0.1) is 0 Å². The lowest BCUT2D eigenvalue weighted by atomic mass is 10.1. The number of carbonyl (C=O) groups excluding carboxylic acids is 1. The Labute approximate surface area is 116 Å². The molecule has 104 valence electrons. The number of amides is 1. The van der Waals surface area contributed by atoms with Gasteiger partial charge in [0.2, 0.25) is 5.76 Å². The van der Waals surface area contributed by atoms with Gasteiger partial charge in [-0.05, 0) is 31.5 Å². The molecule has 0 aliphatic heterocycles. The maximum Gasteiger partial charge on any atom is 0.293 e. The van der Waals surface area contributed by atoms with E-state index in [2.05, 4.69) is 15.5 Å². The molecule has 6 nitrogen and oxygen atoms in total. The number of nitrogens with one attached hydrogen (secondary N) is 1. The van der Waals surface area contributed by atoms with Gasteiger partial charge in [-0.2, -0.15) is 0 Å². The quantitative estimate of drug-likeness (QED) is 0.511. The molecule has 0 fully saturated rings. The summed E-state index contributed by atoms with van der Waals surface area (Å²) in [6, 6.07) is 6.95. The van der Waals surface area contributed by atoms with Crippen molar-refractivity contribution < 1.29 is 14.4 Å². The molecule has 20 heavy (non-hydrogen) atoms. The number of carbonyl (C=O) groups is 1. The van der Waals surface area contributed by atoms with E-state index in [4.69, 9.17) is 9.62 Å². The molecule has 0 spiro atoms. The Balaban J connectivity index is 2.14. The minimum absolute atomic E-state index is 0.208. The summed E-state index contributed by atoms with van der Waals surface area (Å²) < 4.78 is 5.25. The van der Waals surface area contributed by atoms with Crippen LogP contribution in [0.4, 0.5) is 5.69 Å². The van der Waals surface area contributed by atoms with Gasteiger partial charge in [-0.25, -0.2) is 4.98 Å². The number of aryl methyl sites for hydroxylation is 2. The fourth-order valence-corrected chi connectivity index (χ4v) is 1.78. The van der Waals surface area contributed by atoms with Crippen LogP contribution < -0.4 is 5.32 Å². The van der Waals surface area contributed by atoms with Crippen molar-refractivity contribution in [1.82, 2.24) is 4.98 Å². The molecule has 0 unspecified atom stereocenters. The number of benzene rings is 1. The Kier molecular flexibility index (Phi) is 3.84. The first-order chi connectivity index (χ1) is 9.51. The molecule has 0 bridgehead atoms. The van der Waals surface area contributed by atoms with Crippen LogP contribution in [0.15, 0.2) is 33.8 Å². The SMILES string of the molecule is C/C(=N/O)c1ccc(NC(=O)c2oc(C)nc2C)cc1. The summed E-state index contributed by atoms with van der Waals surface area (Å²) in [6.07, 6.45) is 0. The third kappa shape index (κ3) is 2.85. The van der Waals surface area contributed by atoms with Gasteiger partial charge in [0.1, 0.15) is 0 Å². The van der Waals surface area contributed by atoms with Crippen molar-refractivity contribution in [3.8, 4) is 0 Å². The smallest absolute Gasteiger partial charge is 0.293 e. The molecule has 2 rings (SSSR count). The van der Waals surface area contributed by atoms with E-state index in [0.29, 0.717) is 23.0 Å². The highest BCUT2D eigenvalue weighted by Gasteiger charge is 2.15. The molecule has 0 aliphatic rings. The number of hydrogen-bond donors (Lipinski definition) is 2. The highest BCUT2D eigenvalue weighted by molar-refractivity contribution is 6.03. The predicted octanol–water partition coefficient (Wildman–Crippen LogP) is 2.74. The first-order valence-corrected chi connectivity index (χ1v) is 6.05. The second-order valence-electron chi connectivity index (χ2n) is 4.36. The Morgan fingerprint density at radius 2 is 1.95 bits per heavy atom. The van der Waals surface area contributed by atoms with E-state index < -0.39 is 0 Å². The van der Waals surface area contributed by atoms with E-state index in [1.54, 1.807) is 45.0 Å². The third-order valence-corrected chi connectivity index (χ3v) is 2.82. The molecule has 0 saturated heterocycles. The van der Waals surface area contributed by atoms with Crippen LogP contribution >= 0.6 is 0 Å². The van der Waals surface area contributed by atoms with Crippen LogP contribution in [0.3, 0.4) is 0 Å². The molecule has 1 amide bonds. The molecule has 0 atom stereocenters. The zero-order chi connectivity index (χ0) is 14.7. The van der Waals surface area contributed by atoms with Crippen LogP contribution in [-0.2, 0) is 0 Å². The van der Waals surface area contributed by atoms with E-state index in [9.17, 15) is 4.79 Å². The second kappa shape index (κ2) is 5.56. The van der Waals surface area contributed by atoms with Crippen LogP contribution in [-0.4, -0.2) is 21.8 Å². The van der Waals surface area contributed by atoms with Crippen molar-refractivity contribution in [1.29, 1.82) is 0 Å². The highest BCUT2D eigenvalue weighted by atomic mass is 16.4. The Morgan fingerprint density at radius 3 is 2.45 bits per heavy atom. The normalized spacial score (nSPS) is 11.4. The first-order valence-electron chi connectivity index (χ1n) is 6.05. The summed E-state index contributed by atoms with van der Waals surface area (Å²) in [5.74, 6) is 0.320. The minimum atomic E-state index is -0.344. The molecule has 0 saturated carbocycles. The van der Waals surface area contributed by atoms with Gasteiger partial charge >= 0.3 is 0 Å². The second-order valence-corrected chi connectivity index (χ2v) is 4.36. The monoisotopic (exact) mass is 273 g/mol. The molecular weight excluding hydrogens is 258 g/mol. The summed E-state index contributed by atoms with van der Waals surface area (Å²) in [7, 11) is 0. The number of anilines is 1. The maximum absolute atomic E-state index is 12.0. The standard InChI is InChI=1S/C14H15N3O3/c1-8(17-19)11-4-6-12(7-5-11)16-14(18)13-9(2)15-10(3)20-13/h4-7,19H,1-3H3,(H,16,18)/b17-8-. The Hall–Kier alpha value is -2.63. The van der Waals surface area contributed by atoms with E-state index in [0.717, 1.165) is 5.56 Å². The molecule has 1 heterocycles. The van der Waals surface area contributed by atoms with E-state index in [1.165, 1.54) is 0 Å². The van der Waals surface area contributed by atoms with Gasteiger partial charge < -0.3 is 14.9 Å². The zero-order valence-corrected chi connectivity index (χ0v) is 11.5. The van der Waals surface area contributed by atoms with Gasteiger partial charge in [-0.3, -0.25) is 4.79 Å². The molecule has 1 aromatic heterocycles. The van der Waals surface area contributed by atoms with Gasteiger partial charge in [0.25, 0.3) is 5.91 Å².